The molecule has 0 radical (unpaired) electrons. The molecule has 6 heteroatoms. The van der Waals surface area contributed by atoms with Crippen molar-refractivity contribution >= 4 is 22.9 Å². The lowest BCUT2D eigenvalue weighted by Crippen LogP contribution is -2.15. The summed E-state index contributed by atoms with van der Waals surface area (Å²) in [6.07, 6.45) is 0. The minimum atomic E-state index is 0.0549. The molecule has 0 saturated heterocycles. The fourth-order valence-electron chi connectivity index (χ4n) is 1.78. The minimum absolute atomic E-state index is 0.0549. The van der Waals surface area contributed by atoms with E-state index in [4.69, 9.17) is 11.6 Å². The maximum Gasteiger partial charge on any atom is 0.307 e. The summed E-state index contributed by atoms with van der Waals surface area (Å²) in [5, 5.41) is 4.84. The Labute approximate surface area is 108 Å². The van der Waals surface area contributed by atoms with Crippen LogP contribution in [0.1, 0.15) is 21.8 Å². The molecule has 0 amide bonds. The highest BCUT2D eigenvalue weighted by molar-refractivity contribution is 7.09. The Morgan fingerprint density at radius 2 is 2.00 bits per heavy atom. The molecule has 17 heavy (non-hydrogen) atoms. The summed E-state index contributed by atoms with van der Waals surface area (Å²) < 4.78 is 3.38. The van der Waals surface area contributed by atoms with Crippen molar-refractivity contribution < 1.29 is 0 Å². The third-order valence-corrected chi connectivity index (χ3v) is 4.43. The van der Waals surface area contributed by atoms with Gasteiger partial charge in [0.05, 0.1) is 12.2 Å². The predicted octanol–water partition coefficient (Wildman–Crippen LogP) is 2.27. The Balaban J connectivity index is 2.48. The van der Waals surface area contributed by atoms with Crippen LogP contribution in [0.3, 0.4) is 0 Å². The zero-order valence-electron chi connectivity index (χ0n) is 10.2. The molecule has 0 spiro atoms. The normalized spacial score (nSPS) is 11.1. The summed E-state index contributed by atoms with van der Waals surface area (Å²) in [6, 6.07) is 0. The minimum Gasteiger partial charge on any atom is -0.298 e. The zero-order chi connectivity index (χ0) is 12.7. The monoisotopic (exact) mass is 271 g/mol. The van der Waals surface area contributed by atoms with Crippen molar-refractivity contribution in [1.82, 2.24) is 14.3 Å². The summed E-state index contributed by atoms with van der Waals surface area (Å²) in [4.78, 5) is 12.9. The molecule has 92 valence electrons. The van der Waals surface area contributed by atoms with E-state index in [1.807, 2.05) is 20.8 Å². The molecule has 0 aliphatic rings. The molecule has 0 fully saturated rings. The van der Waals surface area contributed by atoms with Crippen LogP contribution in [0.5, 0.6) is 0 Å². The molecule has 0 aliphatic heterocycles. The number of hydrogen-bond acceptors (Lipinski definition) is 3. The standard InChI is InChI=1S/C11H14ClN3OS/c1-6-9(10(12)14(4)13-6)5-15-7(2)8(3)17-11(15)16/h5H2,1-4H3. The van der Waals surface area contributed by atoms with E-state index in [9.17, 15) is 4.79 Å². The third kappa shape index (κ3) is 2.05. The first kappa shape index (κ1) is 12.4. The lowest BCUT2D eigenvalue weighted by Gasteiger charge is -2.04. The Morgan fingerprint density at radius 1 is 1.35 bits per heavy atom. The van der Waals surface area contributed by atoms with E-state index < -0.39 is 0 Å². The number of aryl methyl sites for hydroxylation is 3. The Morgan fingerprint density at radius 3 is 2.41 bits per heavy atom. The molecule has 2 aromatic heterocycles. The smallest absolute Gasteiger partial charge is 0.298 e. The van der Waals surface area contributed by atoms with Gasteiger partial charge in [-0.05, 0) is 20.8 Å². The Hall–Kier alpha value is -1.07. The maximum atomic E-state index is 11.8. The Bertz CT molecular complexity index is 623. The second kappa shape index (κ2) is 4.31. The van der Waals surface area contributed by atoms with Crippen LogP contribution in [0.4, 0.5) is 0 Å². The molecule has 0 aliphatic carbocycles. The largest absolute Gasteiger partial charge is 0.307 e. The van der Waals surface area contributed by atoms with Crippen molar-refractivity contribution in [2.24, 2.45) is 7.05 Å². The zero-order valence-corrected chi connectivity index (χ0v) is 11.8. The van der Waals surface area contributed by atoms with E-state index in [1.54, 1.807) is 16.3 Å². The van der Waals surface area contributed by atoms with Gasteiger partial charge >= 0.3 is 4.87 Å². The summed E-state index contributed by atoms with van der Waals surface area (Å²) in [7, 11) is 1.80. The number of aromatic nitrogens is 3. The molecule has 0 N–H and O–H groups in total. The molecule has 2 rings (SSSR count). The average molecular weight is 272 g/mol. The summed E-state index contributed by atoms with van der Waals surface area (Å²) in [6.45, 7) is 6.30. The predicted molar refractivity (Wildman–Crippen MR) is 70.1 cm³/mol. The third-order valence-electron chi connectivity index (χ3n) is 2.96. The molecular weight excluding hydrogens is 258 g/mol. The molecule has 2 heterocycles. The molecule has 0 bridgehead atoms. The average Bonchev–Trinajstić information content (AvgIpc) is 2.62. The van der Waals surface area contributed by atoms with Crippen molar-refractivity contribution in [2.45, 2.75) is 27.3 Å². The molecular formula is C11H14ClN3OS. The van der Waals surface area contributed by atoms with Gasteiger partial charge in [-0.15, -0.1) is 0 Å². The maximum absolute atomic E-state index is 11.8. The van der Waals surface area contributed by atoms with Crippen LogP contribution in [0.25, 0.3) is 0 Å². The van der Waals surface area contributed by atoms with Gasteiger partial charge in [0, 0.05) is 23.2 Å². The van der Waals surface area contributed by atoms with E-state index >= 15 is 0 Å². The van der Waals surface area contributed by atoms with Crippen molar-refractivity contribution in [3.63, 3.8) is 0 Å². The van der Waals surface area contributed by atoms with E-state index in [1.165, 1.54) is 11.3 Å². The fraction of sp³-hybridized carbons (Fsp3) is 0.455. The molecule has 0 aromatic carbocycles. The van der Waals surface area contributed by atoms with E-state index in [0.29, 0.717) is 11.7 Å². The quantitative estimate of drug-likeness (QED) is 0.841. The molecule has 0 unspecified atom stereocenters. The highest BCUT2D eigenvalue weighted by Gasteiger charge is 2.15. The van der Waals surface area contributed by atoms with Gasteiger partial charge in [-0.1, -0.05) is 22.9 Å². The van der Waals surface area contributed by atoms with Gasteiger partial charge in [-0.25, -0.2) is 0 Å². The van der Waals surface area contributed by atoms with Gasteiger partial charge in [0.25, 0.3) is 0 Å². The van der Waals surface area contributed by atoms with Crippen molar-refractivity contribution in [1.29, 1.82) is 0 Å². The van der Waals surface area contributed by atoms with Crippen molar-refractivity contribution in [3.8, 4) is 0 Å². The van der Waals surface area contributed by atoms with Gasteiger partial charge in [-0.2, -0.15) is 5.10 Å². The van der Waals surface area contributed by atoms with Crippen LogP contribution >= 0.6 is 22.9 Å². The molecule has 0 saturated carbocycles. The van der Waals surface area contributed by atoms with Gasteiger partial charge in [-0.3, -0.25) is 14.0 Å². The molecule has 4 nitrogen and oxygen atoms in total. The fourth-order valence-corrected chi connectivity index (χ4v) is 2.85. The number of thiazole rings is 1. The van der Waals surface area contributed by atoms with E-state index in [0.717, 1.165) is 21.8 Å². The SMILES string of the molecule is Cc1nn(C)c(Cl)c1Cn1c(C)c(C)sc1=O. The topological polar surface area (TPSA) is 39.8 Å². The number of nitrogens with zero attached hydrogens (tertiary/aromatic N) is 3. The van der Waals surface area contributed by atoms with Gasteiger partial charge < -0.3 is 0 Å². The van der Waals surface area contributed by atoms with Crippen LogP contribution < -0.4 is 4.87 Å². The van der Waals surface area contributed by atoms with Crippen molar-refractivity contribution in [2.75, 3.05) is 0 Å². The summed E-state index contributed by atoms with van der Waals surface area (Å²) in [5.41, 5.74) is 2.78. The number of halogens is 1. The van der Waals surface area contributed by atoms with E-state index in [-0.39, 0.29) is 4.87 Å². The highest BCUT2D eigenvalue weighted by Crippen LogP contribution is 2.21. The first-order valence-electron chi connectivity index (χ1n) is 5.26. The number of hydrogen-bond donors (Lipinski definition) is 0. The van der Waals surface area contributed by atoms with Crippen LogP contribution in [0.15, 0.2) is 4.79 Å². The van der Waals surface area contributed by atoms with Crippen LogP contribution in [-0.2, 0) is 13.6 Å². The van der Waals surface area contributed by atoms with Crippen LogP contribution in [0.2, 0.25) is 5.15 Å². The first-order chi connectivity index (χ1) is 7.91. The van der Waals surface area contributed by atoms with E-state index in [2.05, 4.69) is 5.10 Å². The van der Waals surface area contributed by atoms with Gasteiger partial charge in [0.15, 0.2) is 0 Å². The highest BCUT2D eigenvalue weighted by atomic mass is 35.5. The Kier molecular flexibility index (Phi) is 3.14. The summed E-state index contributed by atoms with van der Waals surface area (Å²) >= 11 is 7.43. The first-order valence-corrected chi connectivity index (χ1v) is 6.46. The van der Waals surface area contributed by atoms with Gasteiger partial charge in [0.1, 0.15) is 5.15 Å². The van der Waals surface area contributed by atoms with Crippen LogP contribution in [0, 0.1) is 20.8 Å². The van der Waals surface area contributed by atoms with Gasteiger partial charge in [0.2, 0.25) is 0 Å². The lowest BCUT2D eigenvalue weighted by molar-refractivity contribution is 0.745. The number of rotatable bonds is 2. The second-order valence-corrected chi connectivity index (χ2v) is 5.60. The molecule has 2 aromatic rings. The lowest BCUT2D eigenvalue weighted by atomic mass is 10.2. The van der Waals surface area contributed by atoms with Crippen LogP contribution in [-0.4, -0.2) is 14.3 Å². The summed E-state index contributed by atoms with van der Waals surface area (Å²) in [5.74, 6) is 0. The van der Waals surface area contributed by atoms with Crippen molar-refractivity contribution in [3.05, 3.63) is 36.6 Å². The molecule has 0 atom stereocenters. The second-order valence-electron chi connectivity index (χ2n) is 4.07.